The Bertz CT molecular complexity index is 2870. The molecule has 2 aliphatic rings. The second-order valence-corrected chi connectivity index (χ2v) is 12.2. The van der Waals surface area contributed by atoms with E-state index >= 15 is 0 Å². The lowest BCUT2D eigenvalue weighted by Gasteiger charge is -2.07. The van der Waals surface area contributed by atoms with Crippen LogP contribution in [0, 0.1) is 6.92 Å². The van der Waals surface area contributed by atoms with Crippen LogP contribution >= 0.6 is 0 Å². The Morgan fingerprint density at radius 2 is 0.769 bits per heavy atom. The first-order chi connectivity index (χ1) is 25.2. The molecular weight excluding hydrogens is 668 g/mol. The lowest BCUT2D eigenvalue weighted by molar-refractivity contribution is 0.356. The minimum Gasteiger partial charge on any atom is -0.504 e. The lowest BCUT2D eigenvalue weighted by atomic mass is 10.0. The number of ether oxygens (including phenoxy) is 4. The third-order valence-corrected chi connectivity index (χ3v) is 9.24. The lowest BCUT2D eigenvalue weighted by Crippen LogP contribution is -1.90. The van der Waals surface area contributed by atoms with E-state index < -0.39 is 0 Å². The highest BCUT2D eigenvalue weighted by molar-refractivity contribution is 6.08. The van der Waals surface area contributed by atoms with Gasteiger partial charge in [0.05, 0.1) is 28.4 Å². The number of rotatable bonds is 4. The summed E-state index contributed by atoms with van der Waals surface area (Å²) in [6.45, 7) is 1.93. The zero-order valence-electron chi connectivity index (χ0n) is 28.3. The zero-order valence-corrected chi connectivity index (χ0v) is 28.3. The average Bonchev–Trinajstić information content (AvgIpc) is 3.85. The number of benzene rings is 4. The Balaban J connectivity index is 1.50. The second kappa shape index (κ2) is 11.2. The summed E-state index contributed by atoms with van der Waals surface area (Å²) < 4.78 is 22.4. The van der Waals surface area contributed by atoms with Crippen LogP contribution in [0.25, 0.3) is 89.7 Å². The van der Waals surface area contributed by atoms with Crippen molar-refractivity contribution in [3.63, 3.8) is 0 Å². The van der Waals surface area contributed by atoms with Gasteiger partial charge in [-0.25, -0.2) is 29.9 Å². The molecule has 4 aromatic carbocycles. The molecule has 52 heavy (non-hydrogen) atoms. The van der Waals surface area contributed by atoms with Gasteiger partial charge in [-0.05, 0) is 61.0 Å². The molecule has 15 nitrogen and oxygen atoms in total. The van der Waals surface area contributed by atoms with Crippen molar-refractivity contribution in [3.05, 3.63) is 54.1 Å². The number of fused-ring (bicyclic) bond motifs is 20. The molecule has 5 N–H and O–H groups in total. The van der Waals surface area contributed by atoms with Crippen LogP contribution in [0.4, 0.5) is 0 Å². The van der Waals surface area contributed by atoms with Crippen LogP contribution in [0.1, 0.15) is 5.56 Å². The van der Waals surface area contributed by atoms with Gasteiger partial charge in [0.15, 0.2) is 57.8 Å². The number of hydrogen-bond donors (Lipinski definition) is 5. The Labute approximate surface area is 293 Å². The molecule has 3 aromatic heterocycles. The van der Waals surface area contributed by atoms with Crippen LogP contribution in [-0.2, 0) is 0 Å². The van der Waals surface area contributed by atoms with Crippen molar-refractivity contribution in [2.24, 2.45) is 0 Å². The number of aromatic nitrogens is 8. The van der Waals surface area contributed by atoms with E-state index in [1.807, 2.05) is 25.1 Å². The van der Waals surface area contributed by atoms with Gasteiger partial charge < -0.3 is 44.2 Å². The fraction of sp³-hybridized carbons (Fsp3) is 0.135. The summed E-state index contributed by atoms with van der Waals surface area (Å²) in [6.07, 6.45) is 0. The molecule has 8 bridgehead atoms. The Morgan fingerprint density at radius 1 is 0.404 bits per heavy atom. The SMILES string of the molecule is COc1cc2c(cc1C)-c1nc-2nc2[nH]c(nc3nc(nc4[nH]c(n1)c1cc(OC)c(OC)cc41)-c1cc(OC)c(O)cc1-3)c1cc(O)c(O)cc21. The first-order valence-electron chi connectivity index (χ1n) is 15.9. The number of hydrogen-bond acceptors (Lipinski definition) is 13. The summed E-state index contributed by atoms with van der Waals surface area (Å²) in [6, 6.07) is 13.3. The topological polar surface area (TPSA) is 207 Å². The fourth-order valence-electron chi connectivity index (χ4n) is 6.67. The van der Waals surface area contributed by atoms with E-state index in [0.29, 0.717) is 89.6 Å². The third-order valence-electron chi connectivity index (χ3n) is 9.24. The van der Waals surface area contributed by atoms with Crippen LogP contribution in [0.15, 0.2) is 48.5 Å². The molecule has 0 aliphatic carbocycles. The highest BCUT2D eigenvalue weighted by Gasteiger charge is 2.26. The molecule has 15 heteroatoms. The van der Waals surface area contributed by atoms with E-state index in [2.05, 4.69) is 9.97 Å². The van der Waals surface area contributed by atoms with Crippen LogP contribution < -0.4 is 18.9 Å². The molecule has 0 fully saturated rings. The summed E-state index contributed by atoms with van der Waals surface area (Å²) in [5.41, 5.74) is 4.67. The van der Waals surface area contributed by atoms with Gasteiger partial charge in [-0.1, -0.05) is 0 Å². The van der Waals surface area contributed by atoms with Gasteiger partial charge >= 0.3 is 0 Å². The number of nitrogens with one attached hydrogen (secondary N) is 2. The molecule has 0 atom stereocenters. The quantitative estimate of drug-likeness (QED) is 0.128. The fourth-order valence-corrected chi connectivity index (χ4v) is 6.67. The zero-order chi connectivity index (χ0) is 36.0. The molecule has 258 valence electrons. The standard InChI is InChI=1S/C37H28N8O7/c1-14-6-15-19(10-26(14)49-2)34-38-30(15)39-36-21-12-28(51-4)29(52-5)13-22(21)37(45-36)44-35-20-11-27(50-3)25(48)9-18(20)33(43-35)41-31-16-7-23(46)24(47)8-17(16)32(40-31)42-34/h6-13,46-48H,1-5H3,(H2,38,39,40,41,42,43,44,45). The predicted molar refractivity (Wildman–Crippen MR) is 192 cm³/mol. The van der Waals surface area contributed by atoms with Crippen molar-refractivity contribution in [1.82, 2.24) is 39.9 Å². The van der Waals surface area contributed by atoms with Crippen LogP contribution in [0.5, 0.6) is 40.2 Å². The van der Waals surface area contributed by atoms with Gasteiger partial charge in [0.25, 0.3) is 0 Å². The molecule has 0 saturated carbocycles. The van der Waals surface area contributed by atoms with E-state index in [-0.39, 0.29) is 40.3 Å². The van der Waals surface area contributed by atoms with Crippen molar-refractivity contribution < 1.29 is 34.3 Å². The number of methoxy groups -OCH3 is 4. The number of aryl methyl sites for hydroxylation is 1. The molecule has 0 amide bonds. The molecule has 0 spiro atoms. The molecule has 2 aliphatic heterocycles. The van der Waals surface area contributed by atoms with E-state index in [4.69, 9.17) is 48.9 Å². The van der Waals surface area contributed by atoms with Gasteiger partial charge in [0, 0.05) is 43.8 Å². The highest BCUT2D eigenvalue weighted by atomic mass is 16.5. The summed E-state index contributed by atoms with van der Waals surface area (Å²) >= 11 is 0. The highest BCUT2D eigenvalue weighted by Crippen LogP contribution is 2.44. The molecule has 5 heterocycles. The van der Waals surface area contributed by atoms with Gasteiger partial charge in [0.1, 0.15) is 28.3 Å². The number of aromatic hydroxyl groups is 3. The van der Waals surface area contributed by atoms with Gasteiger partial charge in [-0.2, -0.15) is 0 Å². The summed E-state index contributed by atoms with van der Waals surface area (Å²) in [5, 5.41) is 34.1. The van der Waals surface area contributed by atoms with Crippen molar-refractivity contribution in [2.45, 2.75) is 6.92 Å². The minimum absolute atomic E-state index is 0.121. The van der Waals surface area contributed by atoms with Gasteiger partial charge in [-0.15, -0.1) is 0 Å². The van der Waals surface area contributed by atoms with Crippen molar-refractivity contribution in [1.29, 1.82) is 0 Å². The van der Waals surface area contributed by atoms with E-state index in [9.17, 15) is 15.3 Å². The van der Waals surface area contributed by atoms with Crippen LogP contribution in [-0.4, -0.2) is 83.6 Å². The van der Waals surface area contributed by atoms with Crippen molar-refractivity contribution in [3.8, 4) is 85.8 Å². The number of nitrogens with zero attached hydrogens (tertiary/aromatic N) is 6. The number of phenols is 3. The van der Waals surface area contributed by atoms with Crippen molar-refractivity contribution in [2.75, 3.05) is 28.4 Å². The maximum atomic E-state index is 10.8. The Hall–Kier alpha value is -7.16. The summed E-state index contributed by atoms with van der Waals surface area (Å²) in [7, 11) is 6.16. The van der Waals surface area contributed by atoms with Crippen LogP contribution in [0.2, 0.25) is 0 Å². The minimum atomic E-state index is -0.349. The van der Waals surface area contributed by atoms with Crippen molar-refractivity contribution >= 4 is 44.1 Å². The average molecular weight is 697 g/mol. The maximum absolute atomic E-state index is 10.8. The number of aromatic amines is 2. The molecule has 0 unspecified atom stereocenters. The largest absolute Gasteiger partial charge is 0.504 e. The smallest absolute Gasteiger partial charge is 0.164 e. The van der Waals surface area contributed by atoms with E-state index in [1.165, 1.54) is 25.3 Å². The summed E-state index contributed by atoms with van der Waals surface area (Å²) in [5.74, 6) is 2.18. The monoisotopic (exact) mass is 696 g/mol. The molecule has 7 aromatic rings. The molecule has 0 radical (unpaired) electrons. The molecule has 0 saturated heterocycles. The van der Waals surface area contributed by atoms with Crippen LogP contribution in [0.3, 0.4) is 0 Å². The summed E-state index contributed by atoms with van der Waals surface area (Å²) in [4.78, 5) is 36.2. The third kappa shape index (κ3) is 4.52. The Kier molecular flexibility index (Phi) is 6.64. The first-order valence-corrected chi connectivity index (χ1v) is 15.9. The molecular formula is C37H28N8O7. The number of H-pyrrole nitrogens is 2. The second-order valence-electron chi connectivity index (χ2n) is 12.2. The predicted octanol–water partition coefficient (Wildman–Crippen LogP) is 6.33. The van der Waals surface area contributed by atoms with E-state index in [0.717, 1.165) is 5.56 Å². The maximum Gasteiger partial charge on any atom is 0.164 e. The molecule has 9 rings (SSSR count). The van der Waals surface area contributed by atoms with Gasteiger partial charge in [0.2, 0.25) is 0 Å². The van der Waals surface area contributed by atoms with Gasteiger partial charge in [-0.3, -0.25) is 0 Å². The Morgan fingerprint density at radius 3 is 1.19 bits per heavy atom. The normalized spacial score (nSPS) is 11.8. The number of phenolic OH excluding ortho intramolecular Hbond substituents is 3. The first kappa shape index (κ1) is 30.9. The van der Waals surface area contributed by atoms with E-state index in [1.54, 1.807) is 33.5 Å².